The van der Waals surface area contributed by atoms with Gasteiger partial charge in [-0.1, -0.05) is 158 Å². The predicted molar refractivity (Wildman–Crippen MR) is 221 cm³/mol. The molecule has 0 bridgehead atoms. The van der Waals surface area contributed by atoms with Gasteiger partial charge in [0.25, 0.3) is 0 Å². The second-order valence-electron chi connectivity index (χ2n) is 13.0. The highest BCUT2D eigenvalue weighted by molar-refractivity contribution is 6.16. The summed E-state index contributed by atoms with van der Waals surface area (Å²) in [5, 5.41) is 5.02. The third-order valence-electron chi connectivity index (χ3n) is 9.67. The Hall–Kier alpha value is -6.06. The monoisotopic (exact) mass is 661 g/mol. The van der Waals surface area contributed by atoms with Gasteiger partial charge in [0.05, 0.1) is 6.54 Å². The van der Waals surface area contributed by atoms with Crippen LogP contribution in [0, 0.1) is 0 Å². The summed E-state index contributed by atoms with van der Waals surface area (Å²) < 4.78 is 0. The number of nitrogens with two attached hydrogens (primary N) is 1. The van der Waals surface area contributed by atoms with E-state index in [1.54, 1.807) is 6.08 Å². The van der Waals surface area contributed by atoms with E-state index in [1.165, 1.54) is 38.2 Å². The quantitative estimate of drug-likeness (QED) is 0.0765. The summed E-state index contributed by atoms with van der Waals surface area (Å²) in [5.74, 6) is 1.39. The van der Waals surface area contributed by atoms with Crippen molar-refractivity contribution in [3.63, 3.8) is 0 Å². The number of allylic oxidation sites excluding steroid dienone is 9. The van der Waals surface area contributed by atoms with Crippen LogP contribution in [0.2, 0.25) is 0 Å². The number of nitrogens with zero attached hydrogens (tertiary/aromatic N) is 2. The van der Waals surface area contributed by atoms with E-state index in [4.69, 9.17) is 15.7 Å². The van der Waals surface area contributed by atoms with E-state index in [2.05, 4.69) is 134 Å². The molecule has 250 valence electrons. The van der Waals surface area contributed by atoms with Crippen LogP contribution in [0.5, 0.6) is 0 Å². The zero-order valence-corrected chi connectivity index (χ0v) is 29.2. The van der Waals surface area contributed by atoms with Crippen LogP contribution in [-0.2, 0) is 6.54 Å². The van der Waals surface area contributed by atoms with Crippen LogP contribution < -0.4 is 5.73 Å². The number of fused-ring (bicyclic) bond motifs is 6. The predicted octanol–water partition coefficient (Wildman–Crippen LogP) is 12.1. The zero-order valence-electron chi connectivity index (χ0n) is 29.2. The van der Waals surface area contributed by atoms with Crippen molar-refractivity contribution in [2.45, 2.75) is 38.6 Å². The molecule has 51 heavy (non-hydrogen) atoms. The van der Waals surface area contributed by atoms with E-state index in [9.17, 15) is 0 Å². The second kappa shape index (κ2) is 15.7. The first kappa shape index (κ1) is 33.4. The zero-order chi connectivity index (χ0) is 35.0. The first-order valence-electron chi connectivity index (χ1n) is 17.8. The normalized spacial score (nSPS) is 16.5. The van der Waals surface area contributed by atoms with Gasteiger partial charge in [-0.3, -0.25) is 4.99 Å². The van der Waals surface area contributed by atoms with Crippen molar-refractivity contribution in [1.29, 1.82) is 0 Å². The van der Waals surface area contributed by atoms with Gasteiger partial charge in [-0.25, -0.2) is 4.99 Å². The van der Waals surface area contributed by atoms with Crippen molar-refractivity contribution < 1.29 is 0 Å². The van der Waals surface area contributed by atoms with Crippen LogP contribution >= 0.6 is 0 Å². The van der Waals surface area contributed by atoms with E-state index in [1.807, 2.05) is 37.3 Å². The molecule has 0 saturated heterocycles. The van der Waals surface area contributed by atoms with Crippen LogP contribution in [-0.4, -0.2) is 11.7 Å². The average molecular weight is 662 g/mol. The average Bonchev–Trinajstić information content (AvgIpc) is 3.62. The van der Waals surface area contributed by atoms with Crippen molar-refractivity contribution in [3.05, 3.63) is 192 Å². The summed E-state index contributed by atoms with van der Waals surface area (Å²) in [6.45, 7) is 6.53. The molecule has 3 heteroatoms. The lowest BCUT2D eigenvalue weighted by molar-refractivity contribution is 0.755. The number of aliphatic imine (C=N–C) groups is 2. The molecule has 2 aliphatic rings. The Balaban J connectivity index is 1.21. The van der Waals surface area contributed by atoms with Crippen molar-refractivity contribution in [1.82, 2.24) is 0 Å². The molecule has 0 heterocycles. The molecule has 5 aromatic rings. The smallest absolute Gasteiger partial charge is 0.157 e. The van der Waals surface area contributed by atoms with Gasteiger partial charge in [0.15, 0.2) is 5.84 Å². The SMILES string of the molecule is C=C/C(=C\C=C/C)C(=NCc1ccc(C2C=CC=CCC2)cc1)N=C(N)c1cccc(-c2ccc3c4c(c5ccccc5c3c2)C=CCC=C4)c1. The first-order chi connectivity index (χ1) is 25.1. The van der Waals surface area contributed by atoms with E-state index in [-0.39, 0.29) is 0 Å². The Morgan fingerprint density at radius 1 is 0.804 bits per heavy atom. The van der Waals surface area contributed by atoms with Gasteiger partial charge in [0, 0.05) is 17.1 Å². The van der Waals surface area contributed by atoms with Crippen LogP contribution in [0.25, 0.3) is 44.8 Å². The fourth-order valence-corrected chi connectivity index (χ4v) is 6.95. The maximum Gasteiger partial charge on any atom is 0.157 e. The minimum absolute atomic E-state index is 0.404. The van der Waals surface area contributed by atoms with Gasteiger partial charge in [0.2, 0.25) is 0 Å². The highest BCUT2D eigenvalue weighted by Gasteiger charge is 2.14. The topological polar surface area (TPSA) is 50.7 Å². The number of benzene rings is 5. The molecule has 5 aromatic carbocycles. The Bertz CT molecular complexity index is 2340. The summed E-state index contributed by atoms with van der Waals surface area (Å²) in [6.07, 6.45) is 28.7. The molecule has 0 aliphatic heterocycles. The van der Waals surface area contributed by atoms with Gasteiger partial charge in [-0.2, -0.15) is 0 Å². The lowest BCUT2D eigenvalue weighted by Gasteiger charge is -2.14. The molecule has 0 spiro atoms. The van der Waals surface area contributed by atoms with Crippen molar-refractivity contribution in [2.75, 3.05) is 0 Å². The molecule has 2 N–H and O–H groups in total. The van der Waals surface area contributed by atoms with E-state index >= 15 is 0 Å². The highest BCUT2D eigenvalue weighted by Crippen LogP contribution is 2.38. The molecular formula is C48H43N3. The molecule has 0 saturated carbocycles. The molecule has 0 amide bonds. The van der Waals surface area contributed by atoms with Crippen LogP contribution in [0.4, 0.5) is 0 Å². The lowest BCUT2D eigenvalue weighted by Crippen LogP contribution is -2.16. The third kappa shape index (κ3) is 7.44. The van der Waals surface area contributed by atoms with Gasteiger partial charge in [0.1, 0.15) is 5.84 Å². The fourth-order valence-electron chi connectivity index (χ4n) is 6.95. The Kier molecular flexibility index (Phi) is 10.3. The third-order valence-corrected chi connectivity index (χ3v) is 9.67. The molecule has 0 aromatic heterocycles. The van der Waals surface area contributed by atoms with E-state index in [0.717, 1.165) is 47.1 Å². The van der Waals surface area contributed by atoms with E-state index in [0.29, 0.717) is 24.1 Å². The maximum atomic E-state index is 6.77. The Morgan fingerprint density at radius 2 is 1.57 bits per heavy atom. The molecule has 1 atom stereocenters. The minimum atomic E-state index is 0.404. The summed E-state index contributed by atoms with van der Waals surface area (Å²) in [7, 11) is 0. The molecule has 0 radical (unpaired) electrons. The van der Waals surface area contributed by atoms with Crippen LogP contribution in [0.15, 0.2) is 174 Å². The first-order valence-corrected chi connectivity index (χ1v) is 17.8. The van der Waals surface area contributed by atoms with Crippen molar-refractivity contribution >= 4 is 45.4 Å². The van der Waals surface area contributed by atoms with Gasteiger partial charge >= 0.3 is 0 Å². The largest absolute Gasteiger partial charge is 0.383 e. The van der Waals surface area contributed by atoms with Gasteiger partial charge < -0.3 is 5.73 Å². The Labute approximate surface area is 301 Å². The number of hydrogen-bond donors (Lipinski definition) is 1. The standard InChI is InChI=1S/C48H43N3/c1-3-5-16-35(4-2)48(50-33-34-25-27-37(28-26-34)36-17-9-6-7-10-18-36)51-47(49)40-20-15-19-38(31-40)39-29-30-45-43-22-12-8-11-21-41(43)42-23-13-14-24-44(42)46(45)32-39/h3-7,9,11-17,19-32,36H,2,8,10,18,33H2,1H3,(H2,49,50,51)/b5-3-,35-16+. The lowest BCUT2D eigenvalue weighted by atomic mass is 9.89. The number of rotatable bonds is 8. The highest BCUT2D eigenvalue weighted by atomic mass is 15.0. The fraction of sp³-hybridized carbons (Fsp3) is 0.125. The summed E-state index contributed by atoms with van der Waals surface area (Å²) >= 11 is 0. The van der Waals surface area contributed by atoms with Gasteiger partial charge in [-0.15, -0.1) is 0 Å². The van der Waals surface area contributed by atoms with Crippen LogP contribution in [0.1, 0.15) is 59.9 Å². The van der Waals surface area contributed by atoms with Crippen molar-refractivity contribution in [3.8, 4) is 11.1 Å². The molecule has 7 rings (SSSR count). The summed E-state index contributed by atoms with van der Waals surface area (Å²) in [5.41, 5.74) is 15.6. The van der Waals surface area contributed by atoms with Crippen LogP contribution in [0.3, 0.4) is 0 Å². The second-order valence-corrected chi connectivity index (χ2v) is 13.0. The molecule has 3 nitrogen and oxygen atoms in total. The van der Waals surface area contributed by atoms with E-state index < -0.39 is 0 Å². The Morgan fingerprint density at radius 3 is 2.35 bits per heavy atom. The molecule has 0 fully saturated rings. The summed E-state index contributed by atoms with van der Waals surface area (Å²) in [4.78, 5) is 9.88. The number of amidine groups is 2. The molecular weight excluding hydrogens is 619 g/mol. The maximum absolute atomic E-state index is 6.77. The molecule has 1 unspecified atom stereocenters. The number of hydrogen-bond acceptors (Lipinski definition) is 1. The van der Waals surface area contributed by atoms with Crippen molar-refractivity contribution in [2.24, 2.45) is 15.7 Å². The summed E-state index contributed by atoms with van der Waals surface area (Å²) in [6, 6.07) is 32.6. The van der Waals surface area contributed by atoms with Gasteiger partial charge in [-0.05, 0) is 93.2 Å². The molecule has 2 aliphatic carbocycles. The minimum Gasteiger partial charge on any atom is -0.383 e.